The molecule has 2 saturated heterocycles. The van der Waals surface area contributed by atoms with Gasteiger partial charge >= 0.3 is 0 Å². The van der Waals surface area contributed by atoms with E-state index >= 15 is 0 Å². The summed E-state index contributed by atoms with van der Waals surface area (Å²) in [4.78, 5) is 17.6. The zero-order valence-electron chi connectivity index (χ0n) is 19.8. The van der Waals surface area contributed by atoms with Crippen molar-refractivity contribution in [3.05, 3.63) is 11.6 Å². The van der Waals surface area contributed by atoms with Crippen LogP contribution in [-0.2, 0) is 14.8 Å². The maximum absolute atomic E-state index is 13.1. The third-order valence-electron chi connectivity index (χ3n) is 7.48. The van der Waals surface area contributed by atoms with Crippen molar-refractivity contribution in [2.75, 3.05) is 45.5 Å². The number of nitrogens with zero attached hydrogens (tertiary/aromatic N) is 2. The van der Waals surface area contributed by atoms with Gasteiger partial charge in [-0.15, -0.1) is 0 Å². The normalized spacial score (nSPS) is 31.0. The van der Waals surface area contributed by atoms with Gasteiger partial charge in [-0.2, -0.15) is 0 Å². The summed E-state index contributed by atoms with van der Waals surface area (Å²) in [6.45, 7) is 11.6. The molecule has 178 valence electrons. The van der Waals surface area contributed by atoms with E-state index in [-0.39, 0.29) is 17.7 Å². The molecule has 4 atom stereocenters. The van der Waals surface area contributed by atoms with Crippen LogP contribution < -0.4 is 10.0 Å². The summed E-state index contributed by atoms with van der Waals surface area (Å²) in [6, 6.07) is 0. The average molecular weight is 455 g/mol. The molecule has 0 bridgehead atoms. The summed E-state index contributed by atoms with van der Waals surface area (Å²) in [7, 11) is -3.20. The van der Waals surface area contributed by atoms with E-state index in [9.17, 15) is 13.2 Å². The number of sulfonamides is 1. The maximum Gasteiger partial charge on any atom is 0.223 e. The molecule has 3 rings (SSSR count). The van der Waals surface area contributed by atoms with Gasteiger partial charge in [0.2, 0.25) is 15.9 Å². The number of carbonyl (C=O) groups excluding carboxylic acids is 1. The Balaban J connectivity index is 1.54. The lowest BCUT2D eigenvalue weighted by molar-refractivity contribution is -0.134. The third kappa shape index (κ3) is 7.01. The number of rotatable bonds is 7. The highest BCUT2D eigenvalue weighted by atomic mass is 32.2. The summed E-state index contributed by atoms with van der Waals surface area (Å²) in [5.74, 6) is 1.54. The van der Waals surface area contributed by atoms with Crippen LogP contribution in [0.4, 0.5) is 0 Å². The van der Waals surface area contributed by atoms with E-state index in [2.05, 4.69) is 41.8 Å². The van der Waals surface area contributed by atoms with E-state index < -0.39 is 10.0 Å². The molecule has 2 fully saturated rings. The van der Waals surface area contributed by atoms with Crippen LogP contribution in [-0.4, -0.2) is 75.8 Å². The molecule has 1 amide bonds. The predicted molar refractivity (Wildman–Crippen MR) is 125 cm³/mol. The SMILES string of the molecule is CC1=C[C@@H](CNS(C)(=O)=O)[C@H](C(C)C)C[C@H]1CC(=O)N1CCN(C2CCCCN2)CC1. The molecule has 0 radical (unpaired) electrons. The molecule has 0 aromatic carbocycles. The van der Waals surface area contributed by atoms with Crippen LogP contribution >= 0.6 is 0 Å². The molecule has 7 nitrogen and oxygen atoms in total. The minimum atomic E-state index is -3.20. The molecule has 1 unspecified atom stereocenters. The van der Waals surface area contributed by atoms with Gasteiger partial charge in [0.05, 0.1) is 12.4 Å². The predicted octanol–water partition coefficient (Wildman–Crippen LogP) is 2.02. The summed E-state index contributed by atoms with van der Waals surface area (Å²) >= 11 is 0. The van der Waals surface area contributed by atoms with Crippen molar-refractivity contribution in [1.29, 1.82) is 0 Å². The van der Waals surface area contributed by atoms with Gasteiger partial charge in [0.15, 0.2) is 0 Å². The largest absolute Gasteiger partial charge is 0.340 e. The molecular formula is C23H42N4O3S. The molecule has 0 saturated carbocycles. The lowest BCUT2D eigenvalue weighted by atomic mass is 9.70. The van der Waals surface area contributed by atoms with E-state index in [4.69, 9.17) is 0 Å². The summed E-state index contributed by atoms with van der Waals surface area (Å²) in [5.41, 5.74) is 1.23. The lowest BCUT2D eigenvalue weighted by Crippen LogP contribution is -2.57. The van der Waals surface area contributed by atoms with Crippen molar-refractivity contribution in [2.45, 2.75) is 59.0 Å². The van der Waals surface area contributed by atoms with Crippen molar-refractivity contribution in [2.24, 2.45) is 23.7 Å². The molecule has 1 aliphatic carbocycles. The van der Waals surface area contributed by atoms with Crippen molar-refractivity contribution >= 4 is 15.9 Å². The number of carbonyl (C=O) groups is 1. The van der Waals surface area contributed by atoms with Gasteiger partial charge in [0.25, 0.3) is 0 Å². The van der Waals surface area contributed by atoms with Crippen molar-refractivity contribution < 1.29 is 13.2 Å². The number of nitrogens with one attached hydrogen (secondary N) is 2. The van der Waals surface area contributed by atoms with Gasteiger partial charge in [0.1, 0.15) is 0 Å². The van der Waals surface area contributed by atoms with Crippen LogP contribution in [0.3, 0.4) is 0 Å². The van der Waals surface area contributed by atoms with Gasteiger partial charge in [-0.1, -0.05) is 25.5 Å². The number of hydrogen-bond acceptors (Lipinski definition) is 5. The number of piperazine rings is 1. The highest BCUT2D eigenvalue weighted by Crippen LogP contribution is 2.39. The van der Waals surface area contributed by atoms with Crippen molar-refractivity contribution in [3.8, 4) is 0 Å². The van der Waals surface area contributed by atoms with Crippen LogP contribution in [0.2, 0.25) is 0 Å². The molecule has 0 aromatic rings. The molecule has 0 spiro atoms. The van der Waals surface area contributed by atoms with Gasteiger partial charge in [0, 0.05) is 39.1 Å². The minimum absolute atomic E-state index is 0.188. The second-order valence-corrected chi connectivity index (χ2v) is 12.0. The standard InChI is InChI=1S/C23H42N4O3S/c1-17(2)21-14-19(18(3)13-20(21)16-25-31(4,29)30)15-23(28)27-11-9-26(10-12-27)22-7-5-6-8-24-22/h13,17,19-22,24-25H,5-12,14-16H2,1-4H3/t19-,20-,21-,22?/m0/s1. The van der Waals surface area contributed by atoms with Gasteiger partial charge in [-0.3, -0.25) is 9.69 Å². The second kappa shape index (κ2) is 10.8. The molecule has 2 N–H and O–H groups in total. The Morgan fingerprint density at radius 1 is 1.23 bits per heavy atom. The molecule has 3 aliphatic rings. The highest BCUT2D eigenvalue weighted by Gasteiger charge is 2.34. The number of allylic oxidation sites excluding steroid dienone is 1. The Labute approximate surface area is 189 Å². The van der Waals surface area contributed by atoms with Crippen LogP contribution in [0, 0.1) is 23.7 Å². The third-order valence-corrected chi connectivity index (χ3v) is 8.17. The second-order valence-electron chi connectivity index (χ2n) is 10.1. The molecule has 2 heterocycles. The zero-order chi connectivity index (χ0) is 22.6. The van der Waals surface area contributed by atoms with Gasteiger partial charge in [-0.25, -0.2) is 13.1 Å². The minimum Gasteiger partial charge on any atom is -0.340 e. The quantitative estimate of drug-likeness (QED) is 0.575. The fraction of sp³-hybridized carbons (Fsp3) is 0.870. The smallest absolute Gasteiger partial charge is 0.223 e. The Morgan fingerprint density at radius 2 is 1.94 bits per heavy atom. The highest BCUT2D eigenvalue weighted by molar-refractivity contribution is 7.88. The maximum atomic E-state index is 13.1. The molecule has 31 heavy (non-hydrogen) atoms. The van der Waals surface area contributed by atoms with Crippen LogP contribution in [0.5, 0.6) is 0 Å². The van der Waals surface area contributed by atoms with E-state index in [0.29, 0.717) is 31.0 Å². The van der Waals surface area contributed by atoms with Crippen LogP contribution in [0.15, 0.2) is 11.6 Å². The first-order valence-corrected chi connectivity index (χ1v) is 13.9. The Kier molecular flexibility index (Phi) is 8.57. The summed E-state index contributed by atoms with van der Waals surface area (Å²) < 4.78 is 25.8. The first-order valence-electron chi connectivity index (χ1n) is 12.0. The number of piperidine rings is 1. The van der Waals surface area contributed by atoms with E-state index in [1.807, 2.05) is 4.90 Å². The summed E-state index contributed by atoms with van der Waals surface area (Å²) in [5, 5.41) is 3.62. The molecule has 8 heteroatoms. The first-order chi connectivity index (χ1) is 14.6. The fourth-order valence-corrected chi connectivity index (χ4v) is 6.02. The Bertz CT molecular complexity index is 738. The lowest BCUT2D eigenvalue weighted by Gasteiger charge is -2.42. The monoisotopic (exact) mass is 454 g/mol. The van der Waals surface area contributed by atoms with Crippen LogP contribution in [0.25, 0.3) is 0 Å². The Morgan fingerprint density at radius 3 is 2.52 bits per heavy atom. The van der Waals surface area contributed by atoms with E-state index in [1.54, 1.807) is 0 Å². The zero-order valence-corrected chi connectivity index (χ0v) is 20.6. The van der Waals surface area contributed by atoms with E-state index in [0.717, 1.165) is 39.1 Å². The van der Waals surface area contributed by atoms with Gasteiger partial charge in [-0.05, 0) is 62.8 Å². The van der Waals surface area contributed by atoms with Crippen molar-refractivity contribution in [3.63, 3.8) is 0 Å². The fourth-order valence-electron chi connectivity index (χ4n) is 5.52. The summed E-state index contributed by atoms with van der Waals surface area (Å²) in [6.07, 6.45) is 9.21. The Hall–Kier alpha value is -0.960. The van der Waals surface area contributed by atoms with Crippen LogP contribution in [0.1, 0.15) is 52.9 Å². The topological polar surface area (TPSA) is 81.8 Å². The first kappa shape index (κ1) is 24.7. The molecular weight excluding hydrogens is 412 g/mol. The average Bonchev–Trinajstić information content (AvgIpc) is 2.73. The van der Waals surface area contributed by atoms with Gasteiger partial charge < -0.3 is 10.2 Å². The number of amides is 1. The van der Waals surface area contributed by atoms with Crippen molar-refractivity contribution in [1.82, 2.24) is 19.8 Å². The molecule has 2 aliphatic heterocycles. The number of hydrogen-bond donors (Lipinski definition) is 2. The van der Waals surface area contributed by atoms with E-state index in [1.165, 1.54) is 31.1 Å². The molecule has 0 aromatic heterocycles.